The average molecular weight is 962 g/mol. The Labute approximate surface area is 418 Å². The molecule has 66 heavy (non-hydrogen) atoms. The topological polar surface area (TPSA) is 43.4 Å². The number of rotatable bonds is 49. The molecule has 1 atom stereocenters. The highest BCUT2D eigenvalue weighted by Gasteiger charge is 2.31. The molecule has 1 aliphatic carbocycles. The molecule has 0 aliphatic heterocycles. The van der Waals surface area contributed by atoms with E-state index in [1.54, 1.807) is 12.0 Å². The number of ether oxygens (including phenoxy) is 1. The lowest BCUT2D eigenvalue weighted by molar-refractivity contribution is 0.0557. The normalized spacial score (nSPS) is 16.8. The largest absolute Gasteiger partial charge is 0.394 e. The smallest absolute Gasteiger partial charge is 0.334 e. The number of hydrogen-bond donors (Lipinski definition) is 0. The number of unbranched alkanes of at least 4 members (excludes halogenated alkanes) is 17. The number of allylic oxidation sites excluding steroid dienone is 8. The highest BCUT2D eigenvalue weighted by atomic mass is 32.2. The van der Waals surface area contributed by atoms with Crippen LogP contribution in [0.5, 0.6) is 0 Å². The third-order valence-electron chi connectivity index (χ3n) is 13.5. The Morgan fingerprint density at radius 2 is 0.879 bits per heavy atom. The predicted octanol–water partition coefficient (Wildman–Crippen LogP) is 17.5. The van der Waals surface area contributed by atoms with E-state index in [0.717, 1.165) is 95.1 Å². The lowest BCUT2D eigenvalue weighted by atomic mass is 9.89. The molecule has 6 nitrogen and oxygen atoms in total. The summed E-state index contributed by atoms with van der Waals surface area (Å²) in [4.78, 5) is 5.33. The summed E-state index contributed by atoms with van der Waals surface area (Å²) in [5.41, 5.74) is 0. The zero-order valence-electron chi connectivity index (χ0n) is 45.1. The Morgan fingerprint density at radius 1 is 0.485 bits per heavy atom. The monoisotopic (exact) mass is 961 g/mol. The molecule has 388 valence electrons. The SMILES string of the molecule is CCCCC/C=C\CCCOCC(CC/C=C\CCCCC)OSCCCCN(C)C1CCC(N(C)CCCC[Si](C)(OCCC/C=C\CCCCC)OCCC/C=C\CCCCC)CC1. The third kappa shape index (κ3) is 39.1. The Bertz CT molecular complexity index is 1100. The summed E-state index contributed by atoms with van der Waals surface area (Å²) in [5, 5.41) is 0. The molecule has 0 aromatic rings. The summed E-state index contributed by atoms with van der Waals surface area (Å²) >= 11 is 1.68. The Morgan fingerprint density at radius 3 is 1.32 bits per heavy atom. The van der Waals surface area contributed by atoms with Crippen LogP contribution >= 0.6 is 12.0 Å². The molecule has 1 rings (SSSR count). The van der Waals surface area contributed by atoms with Gasteiger partial charge in [-0.15, -0.1) is 0 Å². The van der Waals surface area contributed by atoms with E-state index in [9.17, 15) is 0 Å². The van der Waals surface area contributed by atoms with E-state index in [-0.39, 0.29) is 6.10 Å². The van der Waals surface area contributed by atoms with E-state index in [2.05, 4.69) is 107 Å². The lowest BCUT2D eigenvalue weighted by Crippen LogP contribution is -2.42. The summed E-state index contributed by atoms with van der Waals surface area (Å²) in [6, 6.07) is 2.54. The molecule has 8 heteroatoms. The fraction of sp³-hybridized carbons (Fsp3) is 0.862. The minimum Gasteiger partial charge on any atom is -0.394 e. The van der Waals surface area contributed by atoms with Crippen LogP contribution in [0.3, 0.4) is 0 Å². The number of hydrogen-bond acceptors (Lipinski definition) is 7. The third-order valence-corrected chi connectivity index (χ3v) is 17.3. The maximum atomic E-state index is 6.65. The van der Waals surface area contributed by atoms with Crippen LogP contribution in [0.25, 0.3) is 0 Å². The molecule has 0 aromatic carbocycles. The van der Waals surface area contributed by atoms with E-state index < -0.39 is 8.56 Å². The van der Waals surface area contributed by atoms with Crippen molar-refractivity contribution < 1.29 is 17.8 Å². The molecule has 0 saturated heterocycles. The van der Waals surface area contributed by atoms with Crippen LogP contribution in [0.15, 0.2) is 48.6 Å². The van der Waals surface area contributed by atoms with E-state index >= 15 is 0 Å². The predicted molar refractivity (Wildman–Crippen MR) is 296 cm³/mol. The molecule has 0 bridgehead atoms. The van der Waals surface area contributed by atoms with Crippen molar-refractivity contribution in [1.82, 2.24) is 9.80 Å². The van der Waals surface area contributed by atoms with Crippen molar-refractivity contribution in [2.45, 2.75) is 264 Å². The van der Waals surface area contributed by atoms with Gasteiger partial charge in [-0.3, -0.25) is 0 Å². The second-order valence-corrected chi connectivity index (χ2v) is 24.1. The van der Waals surface area contributed by atoms with Gasteiger partial charge < -0.3 is 27.6 Å². The van der Waals surface area contributed by atoms with Crippen LogP contribution in [0, 0.1) is 0 Å². The van der Waals surface area contributed by atoms with Gasteiger partial charge in [-0.1, -0.05) is 134 Å². The zero-order chi connectivity index (χ0) is 47.9. The van der Waals surface area contributed by atoms with Crippen molar-refractivity contribution in [3.05, 3.63) is 48.6 Å². The Hall–Kier alpha value is -0.713. The Kier molecular flexibility index (Phi) is 46.0. The quantitative estimate of drug-likeness (QED) is 0.0260. The van der Waals surface area contributed by atoms with Crippen LogP contribution in [0.1, 0.15) is 233 Å². The molecule has 0 amide bonds. The van der Waals surface area contributed by atoms with E-state index in [1.807, 2.05) is 0 Å². The van der Waals surface area contributed by atoms with Gasteiger partial charge in [-0.2, -0.15) is 0 Å². The fourth-order valence-corrected chi connectivity index (χ4v) is 12.1. The lowest BCUT2D eigenvalue weighted by Gasteiger charge is -2.38. The van der Waals surface area contributed by atoms with Crippen LogP contribution in [0.2, 0.25) is 12.6 Å². The van der Waals surface area contributed by atoms with Gasteiger partial charge in [0.2, 0.25) is 0 Å². The summed E-state index contributed by atoms with van der Waals surface area (Å²) in [6.45, 7) is 17.0. The first kappa shape index (κ1) is 63.3. The Balaban J connectivity index is 2.39. The highest BCUT2D eigenvalue weighted by molar-refractivity contribution is 7.94. The van der Waals surface area contributed by atoms with E-state index in [4.69, 9.17) is 17.8 Å². The highest BCUT2D eigenvalue weighted by Crippen LogP contribution is 2.27. The average Bonchev–Trinajstić information content (AvgIpc) is 3.32. The van der Waals surface area contributed by atoms with Crippen LogP contribution < -0.4 is 0 Å². The van der Waals surface area contributed by atoms with E-state index in [0.29, 0.717) is 6.61 Å². The minimum atomic E-state index is -2.19. The first-order chi connectivity index (χ1) is 32.4. The van der Waals surface area contributed by atoms with Crippen LogP contribution in [-0.2, 0) is 17.8 Å². The van der Waals surface area contributed by atoms with Crippen molar-refractivity contribution in [2.24, 2.45) is 0 Å². The summed E-state index contributed by atoms with van der Waals surface area (Å²) in [7, 11) is 2.55. The molecule has 0 heterocycles. The molecule has 1 saturated carbocycles. The second kappa shape index (κ2) is 47.9. The minimum absolute atomic E-state index is 0.167. The summed E-state index contributed by atoms with van der Waals surface area (Å²) < 4.78 is 25.8. The van der Waals surface area contributed by atoms with Crippen molar-refractivity contribution in [2.75, 3.05) is 59.4 Å². The van der Waals surface area contributed by atoms with Crippen molar-refractivity contribution in [3.63, 3.8) is 0 Å². The van der Waals surface area contributed by atoms with Gasteiger partial charge in [-0.25, -0.2) is 0 Å². The maximum Gasteiger partial charge on any atom is 0.334 e. The van der Waals surface area contributed by atoms with E-state index in [1.165, 1.54) is 167 Å². The standard InChI is InChI=1S/C58H112N2O4SSi/c1-8-12-16-20-24-28-32-38-50-61-55-58(43-35-31-27-23-19-15-11-4)64-65-53-41-36-48-59(5)56-44-46-57(47-45-56)60(6)49-37-42-54-66(7,62-51-39-33-29-25-21-17-13-9-2)63-52-40-34-30-26-22-18-14-10-3/h24-31,56-58H,8-23,32-55H2,1-7H3/b28-24-,29-25-,30-26-,31-27-. The molecule has 1 aliphatic rings. The van der Waals surface area contributed by atoms with Crippen LogP contribution in [0.4, 0.5) is 0 Å². The summed E-state index contributed by atoms with van der Waals surface area (Å²) in [5.74, 6) is 1.06. The van der Waals surface area contributed by atoms with Gasteiger partial charge >= 0.3 is 8.56 Å². The molecule has 1 fully saturated rings. The molecule has 0 N–H and O–H groups in total. The first-order valence-electron chi connectivity index (χ1n) is 28.5. The van der Waals surface area contributed by atoms with Gasteiger partial charge in [0, 0.05) is 37.7 Å². The fourth-order valence-electron chi connectivity index (χ4n) is 8.89. The molecule has 0 radical (unpaired) electrons. The molecule has 0 spiro atoms. The maximum absolute atomic E-state index is 6.65. The van der Waals surface area contributed by atoms with Gasteiger partial charge in [-0.05, 0) is 199 Å². The van der Waals surface area contributed by atoms with Gasteiger partial charge in [0.25, 0.3) is 0 Å². The molecule has 1 unspecified atom stereocenters. The van der Waals surface area contributed by atoms with Gasteiger partial charge in [0.1, 0.15) is 0 Å². The molecular weight excluding hydrogens is 849 g/mol. The zero-order valence-corrected chi connectivity index (χ0v) is 46.9. The second-order valence-electron chi connectivity index (χ2n) is 19.9. The first-order valence-corrected chi connectivity index (χ1v) is 32.0. The molecular formula is C58H112N2O4SSi. The molecule has 0 aromatic heterocycles. The number of nitrogens with zero attached hydrogens (tertiary/aromatic N) is 2. The van der Waals surface area contributed by atoms with Crippen molar-refractivity contribution >= 4 is 20.6 Å². The van der Waals surface area contributed by atoms with Gasteiger partial charge in [0.05, 0.1) is 12.7 Å². The van der Waals surface area contributed by atoms with Crippen molar-refractivity contribution in [1.29, 1.82) is 0 Å². The van der Waals surface area contributed by atoms with Gasteiger partial charge in [0.15, 0.2) is 0 Å². The summed E-state index contributed by atoms with van der Waals surface area (Å²) in [6.07, 6.45) is 58.6. The van der Waals surface area contributed by atoms with Crippen molar-refractivity contribution in [3.8, 4) is 0 Å². The van der Waals surface area contributed by atoms with Crippen LogP contribution in [-0.4, -0.2) is 95.9 Å².